The molecule has 9 heteroatoms. The lowest BCUT2D eigenvalue weighted by Crippen LogP contribution is -2.43. The zero-order valence-electron chi connectivity index (χ0n) is 18.4. The predicted molar refractivity (Wildman–Crippen MR) is 140 cm³/mol. The van der Waals surface area contributed by atoms with Crippen LogP contribution < -0.4 is 10.6 Å². The Morgan fingerprint density at radius 1 is 1.13 bits per heavy atom. The van der Waals surface area contributed by atoms with Gasteiger partial charge in [-0.05, 0) is 42.0 Å². The summed E-state index contributed by atoms with van der Waals surface area (Å²) in [6.45, 7) is 6.88. The Labute approximate surface area is 207 Å². The zero-order valence-corrected chi connectivity index (χ0v) is 22.4. The lowest BCUT2D eigenvalue weighted by molar-refractivity contribution is 0.346. The van der Waals surface area contributed by atoms with E-state index in [1.54, 1.807) is 34.8 Å². The molecule has 1 aromatic heterocycles. The van der Waals surface area contributed by atoms with Gasteiger partial charge in [0.15, 0.2) is 5.96 Å². The van der Waals surface area contributed by atoms with Crippen LogP contribution in [-0.2, 0) is 22.0 Å². The smallest absolute Gasteiger partial charge is 0.243 e. The number of halogens is 1. The first-order valence-electron chi connectivity index (χ1n) is 10.4. The maximum atomic E-state index is 12.9. The van der Waals surface area contributed by atoms with Crippen molar-refractivity contribution in [2.75, 3.05) is 26.7 Å². The van der Waals surface area contributed by atoms with E-state index in [-0.39, 0.29) is 29.4 Å². The summed E-state index contributed by atoms with van der Waals surface area (Å²) in [5.74, 6) is 0.698. The Morgan fingerprint density at radius 3 is 2.52 bits per heavy atom. The normalized spacial score (nSPS) is 15.9. The standard InChI is InChI=1S/C22H32N4O2S2.HI/c1-22(2,20-11-8-14-29-20)17-25-21(23-3)24-16-18-9-7-10-19(15-18)30(27,28)26-12-5-4-6-13-26;/h7-11,14-15H,4-6,12-13,16-17H2,1-3H3,(H2,23,24,25);1H. The van der Waals surface area contributed by atoms with Crippen LogP contribution in [0.1, 0.15) is 43.6 Å². The summed E-state index contributed by atoms with van der Waals surface area (Å²) in [6, 6.07) is 11.4. The van der Waals surface area contributed by atoms with Gasteiger partial charge in [-0.15, -0.1) is 35.3 Å². The molecule has 172 valence electrons. The minimum absolute atomic E-state index is 0. The van der Waals surface area contributed by atoms with Gasteiger partial charge in [0.2, 0.25) is 10.0 Å². The van der Waals surface area contributed by atoms with Crippen LogP contribution in [0.4, 0.5) is 0 Å². The summed E-state index contributed by atoms with van der Waals surface area (Å²) in [7, 11) is -1.68. The molecule has 31 heavy (non-hydrogen) atoms. The minimum Gasteiger partial charge on any atom is -0.356 e. The van der Waals surface area contributed by atoms with E-state index in [2.05, 4.69) is 47.0 Å². The van der Waals surface area contributed by atoms with Gasteiger partial charge < -0.3 is 10.6 Å². The Hall–Kier alpha value is -1.17. The third-order valence-electron chi connectivity index (χ3n) is 5.42. The van der Waals surface area contributed by atoms with E-state index in [1.165, 1.54) is 4.88 Å². The van der Waals surface area contributed by atoms with Crippen molar-refractivity contribution in [3.63, 3.8) is 0 Å². The highest BCUT2D eigenvalue weighted by molar-refractivity contribution is 14.0. The van der Waals surface area contributed by atoms with Crippen LogP contribution in [-0.4, -0.2) is 45.4 Å². The number of guanidine groups is 1. The van der Waals surface area contributed by atoms with Crippen molar-refractivity contribution in [3.8, 4) is 0 Å². The Kier molecular flexibility index (Phi) is 9.78. The molecule has 0 amide bonds. The predicted octanol–water partition coefficient (Wildman–Crippen LogP) is 4.18. The van der Waals surface area contributed by atoms with Crippen molar-refractivity contribution in [1.82, 2.24) is 14.9 Å². The fourth-order valence-corrected chi connectivity index (χ4v) is 5.97. The van der Waals surface area contributed by atoms with Gasteiger partial charge in [-0.3, -0.25) is 4.99 Å². The molecule has 2 aromatic rings. The molecule has 6 nitrogen and oxygen atoms in total. The highest BCUT2D eigenvalue weighted by Gasteiger charge is 2.26. The van der Waals surface area contributed by atoms with Gasteiger partial charge in [-0.2, -0.15) is 4.31 Å². The van der Waals surface area contributed by atoms with Crippen LogP contribution >= 0.6 is 35.3 Å². The fraction of sp³-hybridized carbons (Fsp3) is 0.500. The molecule has 1 aliphatic rings. The molecule has 0 spiro atoms. The maximum absolute atomic E-state index is 12.9. The first kappa shape index (κ1) is 26.1. The SMILES string of the molecule is CN=C(NCc1cccc(S(=O)(=O)N2CCCCC2)c1)NCC(C)(C)c1cccs1.I. The van der Waals surface area contributed by atoms with Gasteiger partial charge in [0.1, 0.15) is 0 Å². The first-order valence-corrected chi connectivity index (χ1v) is 12.7. The second kappa shape index (κ2) is 11.6. The summed E-state index contributed by atoms with van der Waals surface area (Å²) >= 11 is 1.75. The number of benzene rings is 1. The monoisotopic (exact) mass is 576 g/mol. The van der Waals surface area contributed by atoms with Crippen LogP contribution in [0, 0.1) is 0 Å². The highest BCUT2D eigenvalue weighted by Crippen LogP contribution is 2.26. The molecule has 0 unspecified atom stereocenters. The van der Waals surface area contributed by atoms with Crippen LogP contribution in [0.2, 0.25) is 0 Å². The Balaban J connectivity index is 0.00000341. The minimum atomic E-state index is -3.42. The highest BCUT2D eigenvalue weighted by atomic mass is 127. The van der Waals surface area contributed by atoms with Crippen LogP contribution in [0.15, 0.2) is 51.7 Å². The molecule has 0 radical (unpaired) electrons. The second-order valence-corrected chi connectivity index (χ2v) is 11.1. The van der Waals surface area contributed by atoms with Crippen molar-refractivity contribution in [1.29, 1.82) is 0 Å². The van der Waals surface area contributed by atoms with E-state index < -0.39 is 10.0 Å². The fourth-order valence-electron chi connectivity index (χ4n) is 3.53. The van der Waals surface area contributed by atoms with Crippen molar-refractivity contribution >= 4 is 51.3 Å². The number of aliphatic imine (C=N–C) groups is 1. The second-order valence-electron chi connectivity index (χ2n) is 8.25. The third-order valence-corrected chi connectivity index (χ3v) is 8.55. The van der Waals surface area contributed by atoms with Crippen molar-refractivity contribution in [3.05, 3.63) is 52.2 Å². The van der Waals surface area contributed by atoms with Gasteiger partial charge in [-0.1, -0.05) is 38.5 Å². The number of hydrogen-bond donors (Lipinski definition) is 2. The number of rotatable bonds is 7. The summed E-state index contributed by atoms with van der Waals surface area (Å²) in [5.41, 5.74) is 0.905. The number of hydrogen-bond acceptors (Lipinski definition) is 4. The molecule has 2 N–H and O–H groups in total. The van der Waals surface area contributed by atoms with Crippen molar-refractivity contribution in [2.24, 2.45) is 4.99 Å². The Morgan fingerprint density at radius 2 is 1.87 bits per heavy atom. The average molecular weight is 577 g/mol. The molecule has 0 atom stereocenters. The Bertz CT molecular complexity index is 954. The summed E-state index contributed by atoms with van der Waals surface area (Å²) in [4.78, 5) is 5.99. The summed E-state index contributed by atoms with van der Waals surface area (Å²) in [6.07, 6.45) is 2.97. The molecule has 1 aliphatic heterocycles. The molecule has 2 heterocycles. The number of nitrogens with one attached hydrogen (secondary N) is 2. The van der Waals surface area contributed by atoms with Crippen LogP contribution in [0.25, 0.3) is 0 Å². The lowest BCUT2D eigenvalue weighted by Gasteiger charge is -2.26. The lowest BCUT2D eigenvalue weighted by atomic mass is 9.91. The molecule has 1 fully saturated rings. The van der Waals surface area contributed by atoms with Crippen molar-refractivity contribution < 1.29 is 8.42 Å². The molecular formula is C22H33IN4O2S2. The van der Waals surface area contributed by atoms with Gasteiger partial charge in [0.05, 0.1) is 4.90 Å². The number of piperidine rings is 1. The molecule has 0 saturated carbocycles. The molecule has 0 aliphatic carbocycles. The van der Waals surface area contributed by atoms with Gasteiger partial charge in [0.25, 0.3) is 0 Å². The molecule has 3 rings (SSSR count). The number of nitrogens with zero attached hydrogens (tertiary/aromatic N) is 2. The van der Waals surface area contributed by atoms with Gasteiger partial charge in [-0.25, -0.2) is 8.42 Å². The first-order chi connectivity index (χ1) is 14.3. The summed E-state index contributed by atoms with van der Waals surface area (Å²) in [5, 5.41) is 8.77. The van der Waals surface area contributed by atoms with Crippen LogP contribution in [0.3, 0.4) is 0 Å². The molecule has 1 aromatic carbocycles. The van der Waals surface area contributed by atoms with E-state index in [1.807, 2.05) is 12.1 Å². The van der Waals surface area contributed by atoms with E-state index in [0.717, 1.165) is 31.4 Å². The quantitative estimate of drug-likeness (QED) is 0.295. The van der Waals surface area contributed by atoms with Gasteiger partial charge >= 0.3 is 0 Å². The molecule has 0 bridgehead atoms. The maximum Gasteiger partial charge on any atom is 0.243 e. The van der Waals surface area contributed by atoms with E-state index in [9.17, 15) is 8.42 Å². The molecular weight excluding hydrogens is 543 g/mol. The number of sulfonamides is 1. The van der Waals surface area contributed by atoms with Crippen LogP contribution in [0.5, 0.6) is 0 Å². The number of thiophene rings is 1. The van der Waals surface area contributed by atoms with E-state index in [0.29, 0.717) is 30.5 Å². The van der Waals surface area contributed by atoms with Gasteiger partial charge in [0, 0.05) is 43.5 Å². The molecule has 1 saturated heterocycles. The topological polar surface area (TPSA) is 73.8 Å². The average Bonchev–Trinajstić information content (AvgIpc) is 3.31. The van der Waals surface area contributed by atoms with E-state index >= 15 is 0 Å². The van der Waals surface area contributed by atoms with Crippen molar-refractivity contribution in [2.45, 2.75) is 50.0 Å². The third kappa shape index (κ3) is 6.90. The summed E-state index contributed by atoms with van der Waals surface area (Å²) < 4.78 is 27.5. The largest absolute Gasteiger partial charge is 0.356 e. The zero-order chi connectivity index (χ0) is 21.6. The van der Waals surface area contributed by atoms with E-state index in [4.69, 9.17) is 0 Å².